The Morgan fingerprint density at radius 3 is 2.41 bits per heavy atom. The molecule has 2 fully saturated rings. The molecular weight excluding hydrogens is 348 g/mol. The first-order chi connectivity index (χ1) is 12.4. The lowest BCUT2D eigenvalue weighted by molar-refractivity contribution is -0.215. The molecule has 2 saturated carbocycles. The van der Waals surface area contributed by atoms with E-state index in [1.54, 1.807) is 19.1 Å². The third-order valence-corrected chi connectivity index (χ3v) is 8.26. The van der Waals surface area contributed by atoms with Crippen molar-refractivity contribution in [2.24, 2.45) is 29.1 Å². The van der Waals surface area contributed by atoms with Crippen LogP contribution in [0.15, 0.2) is 23.3 Å². The SMILES string of the molecule is CO[C@@H]1[C@@H](C)[C@@]2(O)[C@@H](C=C(CO)C[C@]3(O)C(=O)C(C)=C[C@@H]23)[C@H]2C(C)(C)[C@]12O. The molecule has 4 N–H and O–H groups in total. The van der Waals surface area contributed by atoms with Crippen molar-refractivity contribution in [3.8, 4) is 0 Å². The lowest BCUT2D eigenvalue weighted by atomic mass is 9.59. The van der Waals surface area contributed by atoms with E-state index in [-0.39, 0.29) is 18.9 Å². The molecule has 0 aliphatic heterocycles. The molecular formula is C21H30O6. The first kappa shape index (κ1) is 19.3. The maximum absolute atomic E-state index is 12.8. The largest absolute Gasteiger partial charge is 0.392 e. The van der Waals surface area contributed by atoms with Crippen LogP contribution in [-0.4, -0.2) is 62.8 Å². The number of hydrogen-bond acceptors (Lipinski definition) is 6. The summed E-state index contributed by atoms with van der Waals surface area (Å²) in [7, 11) is 1.52. The zero-order valence-corrected chi connectivity index (χ0v) is 16.6. The molecule has 0 aromatic heterocycles. The van der Waals surface area contributed by atoms with Crippen LogP contribution in [0.4, 0.5) is 0 Å². The molecule has 0 aromatic carbocycles. The Balaban J connectivity index is 1.96. The lowest BCUT2D eigenvalue weighted by Gasteiger charge is -2.52. The van der Waals surface area contributed by atoms with Crippen molar-refractivity contribution >= 4 is 5.78 Å². The molecule has 0 aromatic rings. The van der Waals surface area contributed by atoms with Gasteiger partial charge in [0.1, 0.15) is 11.2 Å². The van der Waals surface area contributed by atoms with Crippen LogP contribution in [0.1, 0.15) is 34.1 Å². The first-order valence-corrected chi connectivity index (χ1v) is 9.65. The van der Waals surface area contributed by atoms with Crippen molar-refractivity contribution in [3.05, 3.63) is 23.3 Å². The summed E-state index contributed by atoms with van der Waals surface area (Å²) < 4.78 is 5.67. The average molecular weight is 378 g/mol. The summed E-state index contributed by atoms with van der Waals surface area (Å²) >= 11 is 0. The van der Waals surface area contributed by atoms with Crippen LogP contribution in [0.3, 0.4) is 0 Å². The van der Waals surface area contributed by atoms with Gasteiger partial charge >= 0.3 is 0 Å². The van der Waals surface area contributed by atoms with Gasteiger partial charge in [-0.05, 0) is 18.1 Å². The summed E-state index contributed by atoms with van der Waals surface area (Å²) in [6, 6.07) is 0. The quantitative estimate of drug-likeness (QED) is 0.524. The smallest absolute Gasteiger partial charge is 0.190 e. The van der Waals surface area contributed by atoms with Gasteiger partial charge in [-0.3, -0.25) is 4.79 Å². The van der Waals surface area contributed by atoms with E-state index in [1.165, 1.54) is 7.11 Å². The summed E-state index contributed by atoms with van der Waals surface area (Å²) in [5.74, 6) is -2.56. The fourth-order valence-corrected chi connectivity index (χ4v) is 6.80. The Labute approximate surface area is 159 Å². The molecule has 0 spiro atoms. The van der Waals surface area contributed by atoms with Crippen LogP contribution in [-0.2, 0) is 9.53 Å². The van der Waals surface area contributed by atoms with Crippen LogP contribution in [0.2, 0.25) is 0 Å². The van der Waals surface area contributed by atoms with Gasteiger partial charge < -0.3 is 25.2 Å². The molecule has 6 heteroatoms. The number of aliphatic hydroxyl groups excluding tert-OH is 1. The number of Topliss-reactive ketones (excluding diaryl/α,β-unsaturated/α-hetero) is 1. The Morgan fingerprint density at radius 1 is 1.22 bits per heavy atom. The summed E-state index contributed by atoms with van der Waals surface area (Å²) in [6.07, 6.45) is 2.82. The predicted octanol–water partition coefficient (Wildman–Crippen LogP) is 0.584. The second-order valence-corrected chi connectivity index (χ2v) is 9.62. The van der Waals surface area contributed by atoms with Gasteiger partial charge in [0.15, 0.2) is 5.78 Å². The second kappa shape index (κ2) is 5.30. The van der Waals surface area contributed by atoms with Crippen LogP contribution < -0.4 is 0 Å². The van der Waals surface area contributed by atoms with Gasteiger partial charge in [-0.1, -0.05) is 32.9 Å². The lowest BCUT2D eigenvalue weighted by Crippen LogP contribution is -2.65. The molecule has 0 bridgehead atoms. The van der Waals surface area contributed by atoms with Gasteiger partial charge in [-0.2, -0.15) is 0 Å². The summed E-state index contributed by atoms with van der Waals surface area (Å²) in [5, 5.41) is 44.8. The molecule has 0 heterocycles. The molecule has 0 radical (unpaired) electrons. The van der Waals surface area contributed by atoms with E-state index in [4.69, 9.17) is 4.74 Å². The number of ketones is 1. The van der Waals surface area contributed by atoms with E-state index in [9.17, 15) is 25.2 Å². The molecule has 4 aliphatic rings. The zero-order valence-electron chi connectivity index (χ0n) is 16.6. The van der Waals surface area contributed by atoms with Crippen LogP contribution >= 0.6 is 0 Å². The predicted molar refractivity (Wildman–Crippen MR) is 97.6 cm³/mol. The van der Waals surface area contributed by atoms with Gasteiger partial charge in [0.05, 0.1) is 18.3 Å². The number of carbonyl (C=O) groups is 1. The van der Waals surface area contributed by atoms with Crippen LogP contribution in [0.5, 0.6) is 0 Å². The van der Waals surface area contributed by atoms with Gasteiger partial charge in [0.2, 0.25) is 0 Å². The van der Waals surface area contributed by atoms with E-state index in [2.05, 4.69) is 0 Å². The van der Waals surface area contributed by atoms with E-state index < -0.39 is 51.9 Å². The fourth-order valence-electron chi connectivity index (χ4n) is 6.80. The highest BCUT2D eigenvalue weighted by atomic mass is 16.5. The zero-order chi connectivity index (χ0) is 20.2. The van der Waals surface area contributed by atoms with Gasteiger partial charge in [0, 0.05) is 42.6 Å². The highest BCUT2D eigenvalue weighted by Gasteiger charge is 2.84. The van der Waals surface area contributed by atoms with Crippen molar-refractivity contribution in [3.63, 3.8) is 0 Å². The number of aliphatic hydroxyl groups is 4. The molecule has 0 amide bonds. The Hall–Kier alpha value is -1.05. The number of hydrogen-bond donors (Lipinski definition) is 4. The normalized spacial score (nSPS) is 52.9. The van der Waals surface area contributed by atoms with E-state index in [1.807, 2.05) is 20.8 Å². The van der Waals surface area contributed by atoms with Crippen molar-refractivity contribution in [2.75, 3.05) is 13.7 Å². The molecule has 6 nitrogen and oxygen atoms in total. The highest BCUT2D eigenvalue weighted by molar-refractivity contribution is 6.04. The minimum atomic E-state index is -1.79. The number of carbonyl (C=O) groups excluding carboxylic acids is 1. The monoisotopic (exact) mass is 378 g/mol. The fraction of sp³-hybridized carbons (Fsp3) is 0.762. The summed E-state index contributed by atoms with van der Waals surface area (Å²) in [4.78, 5) is 12.8. The molecule has 27 heavy (non-hydrogen) atoms. The standard InChI is InChI=1S/C21H30O6/c1-10-6-14-19(24,16(10)23)8-12(9-22)7-13-15-18(3,4)21(15,26)17(27-5)11(2)20(13,14)25/h6-7,11,13-15,17,22,24-26H,8-9H2,1-5H3/t11-,13+,14-,15+,17-,19-,20-,21-/m1/s1. The minimum Gasteiger partial charge on any atom is -0.392 e. The third kappa shape index (κ3) is 1.91. The van der Waals surface area contributed by atoms with Gasteiger partial charge in [0.25, 0.3) is 0 Å². The summed E-state index contributed by atoms with van der Waals surface area (Å²) in [6.45, 7) is 7.06. The van der Waals surface area contributed by atoms with Gasteiger partial charge in [-0.15, -0.1) is 0 Å². The number of rotatable bonds is 2. The van der Waals surface area contributed by atoms with Crippen molar-refractivity contribution in [2.45, 2.75) is 57.0 Å². The van der Waals surface area contributed by atoms with E-state index in [0.717, 1.165) is 0 Å². The molecule has 4 aliphatic carbocycles. The topological polar surface area (TPSA) is 107 Å². The number of methoxy groups -OCH3 is 1. The van der Waals surface area contributed by atoms with E-state index >= 15 is 0 Å². The summed E-state index contributed by atoms with van der Waals surface area (Å²) in [5.41, 5.74) is -3.94. The maximum Gasteiger partial charge on any atom is 0.190 e. The van der Waals surface area contributed by atoms with Crippen molar-refractivity contribution in [1.82, 2.24) is 0 Å². The van der Waals surface area contributed by atoms with Crippen LogP contribution in [0, 0.1) is 29.1 Å². The Bertz CT molecular complexity index is 769. The highest BCUT2D eigenvalue weighted by Crippen LogP contribution is 2.75. The van der Waals surface area contributed by atoms with Crippen molar-refractivity contribution in [1.29, 1.82) is 0 Å². The maximum atomic E-state index is 12.8. The average Bonchev–Trinajstić information content (AvgIpc) is 2.99. The Morgan fingerprint density at radius 2 is 1.85 bits per heavy atom. The number of ether oxygens (including phenoxy) is 1. The first-order valence-electron chi connectivity index (χ1n) is 9.65. The molecule has 0 unspecified atom stereocenters. The Kier molecular flexibility index (Phi) is 3.79. The minimum absolute atomic E-state index is 0.0183. The van der Waals surface area contributed by atoms with Crippen molar-refractivity contribution < 1.29 is 30.0 Å². The van der Waals surface area contributed by atoms with Crippen LogP contribution in [0.25, 0.3) is 0 Å². The molecule has 4 rings (SSSR count). The molecule has 8 atom stereocenters. The third-order valence-electron chi connectivity index (χ3n) is 8.26. The molecule has 150 valence electrons. The molecule has 0 saturated heterocycles. The van der Waals surface area contributed by atoms with Gasteiger partial charge in [-0.25, -0.2) is 0 Å². The second-order valence-electron chi connectivity index (χ2n) is 9.62. The number of fused-ring (bicyclic) bond motifs is 5. The van der Waals surface area contributed by atoms with E-state index in [0.29, 0.717) is 11.1 Å².